The van der Waals surface area contributed by atoms with Crippen LogP contribution in [0.5, 0.6) is 5.75 Å². The molecular formula is C22H21N7O2. The molecule has 0 aliphatic carbocycles. The Balaban J connectivity index is 1.39. The number of carbonyl (C=O) groups is 1. The highest BCUT2D eigenvalue weighted by molar-refractivity contribution is 6.09. The zero-order chi connectivity index (χ0) is 21.2. The van der Waals surface area contributed by atoms with Crippen molar-refractivity contribution in [3.8, 4) is 5.75 Å². The fourth-order valence-corrected chi connectivity index (χ4v) is 4.41. The molecule has 0 unspecified atom stereocenters. The highest BCUT2D eigenvalue weighted by atomic mass is 16.5. The van der Waals surface area contributed by atoms with Crippen LogP contribution in [0.1, 0.15) is 41.0 Å². The zero-order valence-corrected chi connectivity index (χ0v) is 17.2. The van der Waals surface area contributed by atoms with Crippen LogP contribution in [0.2, 0.25) is 0 Å². The molecule has 0 saturated carbocycles. The molecule has 5 heterocycles. The maximum Gasteiger partial charge on any atom is 0.261 e. The molecule has 0 spiro atoms. The van der Waals surface area contributed by atoms with Crippen LogP contribution >= 0.6 is 0 Å². The number of H-pyrrole nitrogens is 1. The lowest BCUT2D eigenvalue weighted by molar-refractivity contribution is 0.102. The van der Waals surface area contributed by atoms with Crippen LogP contribution in [0.4, 0.5) is 11.4 Å². The molecule has 6 rings (SSSR count). The number of carbonyl (C=O) groups excluding carboxylic acids is 1. The van der Waals surface area contributed by atoms with E-state index < -0.39 is 0 Å². The van der Waals surface area contributed by atoms with Gasteiger partial charge in [0.15, 0.2) is 5.65 Å². The predicted molar refractivity (Wildman–Crippen MR) is 114 cm³/mol. The van der Waals surface area contributed by atoms with Gasteiger partial charge >= 0.3 is 0 Å². The third-order valence-electron chi connectivity index (χ3n) is 5.81. The van der Waals surface area contributed by atoms with E-state index in [0.29, 0.717) is 17.8 Å². The summed E-state index contributed by atoms with van der Waals surface area (Å²) in [6, 6.07) is 5.84. The minimum absolute atomic E-state index is 0.243. The molecule has 156 valence electrons. The number of anilines is 2. The van der Waals surface area contributed by atoms with Crippen molar-refractivity contribution in [2.45, 2.75) is 39.0 Å². The van der Waals surface area contributed by atoms with Crippen LogP contribution in [0.3, 0.4) is 0 Å². The van der Waals surface area contributed by atoms with E-state index in [1.807, 2.05) is 18.3 Å². The van der Waals surface area contributed by atoms with Crippen LogP contribution in [-0.4, -0.2) is 36.3 Å². The summed E-state index contributed by atoms with van der Waals surface area (Å²) in [6.07, 6.45) is 7.60. The van der Waals surface area contributed by atoms with Gasteiger partial charge in [0.1, 0.15) is 16.9 Å². The minimum Gasteiger partial charge on any atom is -0.487 e. The van der Waals surface area contributed by atoms with Crippen LogP contribution in [0.15, 0.2) is 43.0 Å². The van der Waals surface area contributed by atoms with Crippen LogP contribution < -0.4 is 15.0 Å². The third-order valence-corrected chi connectivity index (χ3v) is 5.81. The molecule has 0 fully saturated rings. The Hall–Kier alpha value is -3.88. The van der Waals surface area contributed by atoms with Crippen molar-refractivity contribution in [2.75, 3.05) is 10.2 Å². The van der Waals surface area contributed by atoms with Crippen molar-refractivity contribution in [3.05, 3.63) is 65.4 Å². The first-order chi connectivity index (χ1) is 15.0. The summed E-state index contributed by atoms with van der Waals surface area (Å²) in [4.78, 5) is 19.7. The monoisotopic (exact) mass is 415 g/mol. The molecule has 2 aliphatic heterocycles. The number of rotatable bonds is 3. The van der Waals surface area contributed by atoms with Crippen molar-refractivity contribution in [3.63, 3.8) is 0 Å². The molecule has 0 saturated heterocycles. The molecule has 0 bridgehead atoms. The first-order valence-electron chi connectivity index (χ1n) is 10.2. The van der Waals surface area contributed by atoms with Gasteiger partial charge in [-0.1, -0.05) is 0 Å². The van der Waals surface area contributed by atoms with E-state index in [9.17, 15) is 4.79 Å². The van der Waals surface area contributed by atoms with Gasteiger partial charge in [-0.05, 0) is 26.0 Å². The number of benzene rings is 1. The van der Waals surface area contributed by atoms with Gasteiger partial charge < -0.3 is 15.0 Å². The number of aromatic nitrogens is 5. The second-order valence-corrected chi connectivity index (χ2v) is 8.65. The summed E-state index contributed by atoms with van der Waals surface area (Å²) in [6.45, 7) is 5.55. The molecule has 9 nitrogen and oxygen atoms in total. The Morgan fingerprint density at radius 1 is 1.23 bits per heavy atom. The van der Waals surface area contributed by atoms with Gasteiger partial charge in [-0.25, -0.2) is 9.50 Å². The zero-order valence-electron chi connectivity index (χ0n) is 17.2. The number of nitrogens with zero attached hydrogens (tertiary/aromatic N) is 5. The summed E-state index contributed by atoms with van der Waals surface area (Å²) in [5, 5.41) is 14.5. The van der Waals surface area contributed by atoms with Crippen molar-refractivity contribution in [1.29, 1.82) is 0 Å². The lowest BCUT2D eigenvalue weighted by Crippen LogP contribution is -2.24. The Morgan fingerprint density at radius 3 is 3.00 bits per heavy atom. The van der Waals surface area contributed by atoms with Gasteiger partial charge in [0.25, 0.3) is 5.91 Å². The molecular weight excluding hydrogens is 394 g/mol. The van der Waals surface area contributed by atoms with Crippen LogP contribution in [0.25, 0.3) is 5.65 Å². The first-order valence-corrected chi connectivity index (χ1v) is 10.2. The highest BCUT2D eigenvalue weighted by Gasteiger charge is 2.33. The molecule has 1 aromatic carbocycles. The summed E-state index contributed by atoms with van der Waals surface area (Å²) >= 11 is 0. The predicted octanol–water partition coefficient (Wildman–Crippen LogP) is 2.94. The SMILES string of the molecule is CC1(C)Cc2cc(NC(=O)c3cnn4cccnc34)c(N3Cc4cn[nH]c4C3)cc2O1. The van der Waals surface area contributed by atoms with Gasteiger partial charge in [0.05, 0.1) is 36.0 Å². The van der Waals surface area contributed by atoms with Gasteiger partial charge in [0.2, 0.25) is 0 Å². The summed E-state index contributed by atoms with van der Waals surface area (Å²) in [5.41, 5.74) is 5.68. The number of aromatic amines is 1. The maximum absolute atomic E-state index is 13.2. The average Bonchev–Trinajstić information content (AvgIpc) is 3.47. The Morgan fingerprint density at radius 2 is 2.13 bits per heavy atom. The maximum atomic E-state index is 13.2. The van der Waals surface area contributed by atoms with Crippen molar-refractivity contribution < 1.29 is 9.53 Å². The second-order valence-electron chi connectivity index (χ2n) is 8.65. The molecule has 1 amide bonds. The van der Waals surface area contributed by atoms with Crippen LogP contribution in [0, 0.1) is 0 Å². The topological polar surface area (TPSA) is 100 Å². The van der Waals surface area contributed by atoms with Crippen molar-refractivity contribution >= 4 is 22.9 Å². The largest absolute Gasteiger partial charge is 0.487 e. The molecule has 0 radical (unpaired) electrons. The quantitative estimate of drug-likeness (QED) is 0.534. The molecule has 31 heavy (non-hydrogen) atoms. The standard InChI is InChI=1S/C22H21N7O2/c1-22(2)8-13-6-16(26-21(30)15-10-25-29-5-3-4-23-20(15)29)18(7-19(13)31-22)28-11-14-9-24-27-17(14)12-28/h3-7,9-10H,8,11-12H2,1-2H3,(H,24,27)(H,26,30). The molecule has 3 aromatic heterocycles. The van der Waals surface area contributed by atoms with E-state index >= 15 is 0 Å². The number of nitrogens with one attached hydrogen (secondary N) is 2. The minimum atomic E-state index is -0.270. The lowest BCUT2D eigenvalue weighted by Gasteiger charge is -2.23. The van der Waals surface area contributed by atoms with E-state index in [2.05, 4.69) is 44.3 Å². The number of hydrogen-bond donors (Lipinski definition) is 2. The number of amides is 1. The van der Waals surface area contributed by atoms with Crippen LogP contribution in [-0.2, 0) is 19.5 Å². The summed E-state index contributed by atoms with van der Waals surface area (Å²) in [7, 11) is 0. The summed E-state index contributed by atoms with van der Waals surface area (Å²) < 4.78 is 7.75. The molecule has 4 aromatic rings. The van der Waals surface area contributed by atoms with Crippen molar-refractivity contribution in [1.82, 2.24) is 24.8 Å². The van der Waals surface area contributed by atoms with Gasteiger partial charge in [-0.2, -0.15) is 10.2 Å². The Bertz CT molecular complexity index is 1320. The fraction of sp³-hybridized carbons (Fsp3) is 0.273. The lowest BCUT2D eigenvalue weighted by atomic mass is 10.0. The van der Waals surface area contributed by atoms with E-state index in [-0.39, 0.29) is 11.5 Å². The normalized spacial score (nSPS) is 16.3. The molecule has 0 atom stereocenters. The number of ether oxygens (including phenoxy) is 1. The first kappa shape index (κ1) is 17.9. The number of hydrogen-bond acceptors (Lipinski definition) is 6. The highest BCUT2D eigenvalue weighted by Crippen LogP contribution is 2.43. The Labute approximate surface area is 178 Å². The third kappa shape index (κ3) is 2.92. The summed E-state index contributed by atoms with van der Waals surface area (Å²) in [5.74, 6) is 0.622. The molecule has 2 N–H and O–H groups in total. The van der Waals surface area contributed by atoms with E-state index in [0.717, 1.165) is 46.9 Å². The van der Waals surface area contributed by atoms with Gasteiger partial charge in [0, 0.05) is 42.6 Å². The molecule has 2 aliphatic rings. The van der Waals surface area contributed by atoms with E-state index in [1.54, 1.807) is 29.2 Å². The van der Waals surface area contributed by atoms with E-state index in [1.165, 1.54) is 0 Å². The van der Waals surface area contributed by atoms with E-state index in [4.69, 9.17) is 4.74 Å². The smallest absolute Gasteiger partial charge is 0.261 e. The second kappa shape index (κ2) is 6.31. The molecule has 9 heteroatoms. The van der Waals surface area contributed by atoms with Crippen molar-refractivity contribution in [2.24, 2.45) is 0 Å². The number of fused-ring (bicyclic) bond motifs is 3. The fourth-order valence-electron chi connectivity index (χ4n) is 4.41. The van der Waals surface area contributed by atoms with Gasteiger partial charge in [-0.15, -0.1) is 0 Å². The Kier molecular flexibility index (Phi) is 3.65. The van der Waals surface area contributed by atoms with Gasteiger partial charge in [-0.3, -0.25) is 9.89 Å². The average molecular weight is 415 g/mol.